The molecule has 0 heterocycles. The van der Waals surface area contributed by atoms with Gasteiger partial charge in [0.05, 0.1) is 11.1 Å². The lowest BCUT2D eigenvalue weighted by Gasteiger charge is -2.20. The monoisotopic (exact) mass is 514 g/mol. The second-order valence-electron chi connectivity index (χ2n) is 9.16. The van der Waals surface area contributed by atoms with Crippen molar-refractivity contribution < 1.29 is 31.1 Å². The lowest BCUT2D eigenvalue weighted by Crippen LogP contribution is -2.04. The first kappa shape index (κ1) is 26.3. The van der Waals surface area contributed by atoms with E-state index in [1.165, 1.54) is 24.3 Å². The van der Waals surface area contributed by atoms with Crippen LogP contribution in [0.25, 0.3) is 22.3 Å². The van der Waals surface area contributed by atoms with E-state index in [2.05, 4.69) is 0 Å². The average Bonchev–Trinajstić information content (AvgIpc) is 2.77. The van der Waals surface area contributed by atoms with E-state index < -0.39 is 23.5 Å². The van der Waals surface area contributed by atoms with E-state index in [1.807, 2.05) is 39.8 Å². The minimum Gasteiger partial charge on any atom is -0.456 e. The van der Waals surface area contributed by atoms with Crippen LogP contribution in [0.3, 0.4) is 0 Å². The Kier molecular flexibility index (Phi) is 6.84. The first-order chi connectivity index (χ1) is 17.2. The largest absolute Gasteiger partial charge is 0.456 e. The van der Waals surface area contributed by atoms with Gasteiger partial charge in [-0.2, -0.15) is 26.3 Å². The number of hydrogen-bond acceptors (Lipinski definition) is 1. The van der Waals surface area contributed by atoms with Gasteiger partial charge in [0, 0.05) is 11.1 Å². The second kappa shape index (κ2) is 9.61. The molecule has 0 aromatic heterocycles. The molecule has 0 bridgehead atoms. The summed E-state index contributed by atoms with van der Waals surface area (Å²) in [5.41, 5.74) is 4.30. The summed E-state index contributed by atoms with van der Waals surface area (Å²) in [5.74, 6) is 0.880. The van der Waals surface area contributed by atoms with Gasteiger partial charge in [-0.1, -0.05) is 36.4 Å². The number of alkyl halides is 6. The van der Waals surface area contributed by atoms with Crippen molar-refractivity contribution in [3.63, 3.8) is 0 Å². The molecule has 0 N–H and O–H groups in total. The van der Waals surface area contributed by atoms with E-state index in [-0.39, 0.29) is 0 Å². The standard InChI is InChI=1S/C30H24F6O/c1-17-13-19(3)27(21-5-9-23(10-6-21)29(31,32)33)25(15-17)37-26-16-18(2)14-20(4)28(26)22-7-11-24(12-8-22)30(34,35)36/h5-16H,1-4H3. The number of benzene rings is 4. The highest BCUT2D eigenvalue weighted by Crippen LogP contribution is 2.43. The molecule has 0 atom stereocenters. The fourth-order valence-electron chi connectivity index (χ4n) is 4.53. The smallest absolute Gasteiger partial charge is 0.416 e. The molecule has 0 aliphatic carbocycles. The molecule has 1 nitrogen and oxygen atoms in total. The van der Waals surface area contributed by atoms with Gasteiger partial charge in [-0.15, -0.1) is 0 Å². The van der Waals surface area contributed by atoms with Gasteiger partial charge in [0.1, 0.15) is 11.5 Å². The maximum Gasteiger partial charge on any atom is 0.416 e. The SMILES string of the molecule is Cc1cc(C)c(-c2ccc(C(F)(F)F)cc2)c(Oc2cc(C)cc(C)c2-c2ccc(C(F)(F)F)cc2)c1. The molecule has 0 saturated heterocycles. The van der Waals surface area contributed by atoms with Gasteiger partial charge in [0.2, 0.25) is 0 Å². The zero-order valence-corrected chi connectivity index (χ0v) is 20.6. The number of hydrogen-bond donors (Lipinski definition) is 0. The predicted molar refractivity (Wildman–Crippen MR) is 133 cm³/mol. The summed E-state index contributed by atoms with van der Waals surface area (Å²) >= 11 is 0. The van der Waals surface area contributed by atoms with Crippen LogP contribution in [0.2, 0.25) is 0 Å². The molecule has 37 heavy (non-hydrogen) atoms. The molecule has 0 unspecified atom stereocenters. The summed E-state index contributed by atoms with van der Waals surface area (Å²) in [4.78, 5) is 0. The lowest BCUT2D eigenvalue weighted by atomic mass is 9.95. The third kappa shape index (κ3) is 5.66. The van der Waals surface area contributed by atoms with Crippen molar-refractivity contribution in [1.29, 1.82) is 0 Å². The topological polar surface area (TPSA) is 9.23 Å². The van der Waals surface area contributed by atoms with E-state index in [9.17, 15) is 26.3 Å². The first-order valence-electron chi connectivity index (χ1n) is 11.5. The van der Waals surface area contributed by atoms with E-state index in [4.69, 9.17) is 4.74 Å². The molecule has 0 spiro atoms. The summed E-state index contributed by atoms with van der Waals surface area (Å²) in [6.07, 6.45) is -8.90. The van der Waals surface area contributed by atoms with Crippen LogP contribution in [0, 0.1) is 27.7 Å². The summed E-state index contributed by atoms with van der Waals surface area (Å²) in [6, 6.07) is 17.2. The molecule has 192 valence electrons. The normalized spacial score (nSPS) is 12.1. The Morgan fingerprint density at radius 3 is 1.11 bits per heavy atom. The van der Waals surface area contributed by atoms with Crippen molar-refractivity contribution >= 4 is 0 Å². The highest BCUT2D eigenvalue weighted by Gasteiger charge is 2.31. The molecular weight excluding hydrogens is 490 g/mol. The van der Waals surface area contributed by atoms with Crippen LogP contribution in [-0.2, 0) is 12.4 Å². The zero-order valence-electron chi connectivity index (χ0n) is 20.6. The van der Waals surface area contributed by atoms with Crippen molar-refractivity contribution in [2.24, 2.45) is 0 Å². The van der Waals surface area contributed by atoms with Crippen LogP contribution in [0.1, 0.15) is 33.4 Å². The molecule has 7 heteroatoms. The van der Waals surface area contributed by atoms with Gasteiger partial charge in [0.15, 0.2) is 0 Å². The van der Waals surface area contributed by atoms with Gasteiger partial charge in [-0.05, 0) is 97.5 Å². The fourth-order valence-corrected chi connectivity index (χ4v) is 4.53. The van der Waals surface area contributed by atoms with Crippen LogP contribution < -0.4 is 4.74 Å². The molecule has 0 aliphatic heterocycles. The van der Waals surface area contributed by atoms with Crippen molar-refractivity contribution in [2.75, 3.05) is 0 Å². The molecule has 0 saturated carbocycles. The maximum absolute atomic E-state index is 13.1. The number of ether oxygens (including phenoxy) is 1. The van der Waals surface area contributed by atoms with Crippen molar-refractivity contribution in [2.45, 2.75) is 40.0 Å². The molecule has 4 rings (SSSR count). The van der Waals surface area contributed by atoms with Crippen molar-refractivity contribution in [3.05, 3.63) is 106 Å². The van der Waals surface area contributed by atoms with Crippen LogP contribution in [0.15, 0.2) is 72.8 Å². The van der Waals surface area contributed by atoms with Crippen LogP contribution in [-0.4, -0.2) is 0 Å². The average molecular weight is 515 g/mol. The molecule has 0 radical (unpaired) electrons. The molecule has 4 aromatic carbocycles. The van der Waals surface area contributed by atoms with Crippen molar-refractivity contribution in [1.82, 2.24) is 0 Å². The predicted octanol–water partition coefficient (Wildman–Crippen LogP) is 10.1. The van der Waals surface area contributed by atoms with Crippen LogP contribution in [0.5, 0.6) is 11.5 Å². The number of halogens is 6. The molecule has 0 amide bonds. The molecule has 0 aliphatic rings. The zero-order chi connectivity index (χ0) is 27.1. The van der Waals surface area contributed by atoms with E-state index >= 15 is 0 Å². The Morgan fingerprint density at radius 1 is 0.486 bits per heavy atom. The maximum atomic E-state index is 13.1. The van der Waals surface area contributed by atoms with Crippen LogP contribution >= 0.6 is 0 Å². The van der Waals surface area contributed by atoms with Crippen molar-refractivity contribution in [3.8, 4) is 33.8 Å². The summed E-state index contributed by atoms with van der Waals surface area (Å²) in [7, 11) is 0. The highest BCUT2D eigenvalue weighted by atomic mass is 19.4. The molecular formula is C30H24F6O. The van der Waals surface area contributed by atoms with Gasteiger partial charge in [0.25, 0.3) is 0 Å². The van der Waals surface area contributed by atoms with E-state index in [1.54, 1.807) is 12.1 Å². The van der Waals surface area contributed by atoms with Crippen LogP contribution in [0.4, 0.5) is 26.3 Å². The quantitative estimate of drug-likeness (QED) is 0.246. The molecule has 0 fully saturated rings. The highest BCUT2D eigenvalue weighted by molar-refractivity contribution is 5.78. The second-order valence-corrected chi connectivity index (χ2v) is 9.16. The summed E-state index contributed by atoms with van der Waals surface area (Å²) < 4.78 is 85.1. The summed E-state index contributed by atoms with van der Waals surface area (Å²) in [5, 5.41) is 0. The van der Waals surface area contributed by atoms with Gasteiger partial charge < -0.3 is 4.74 Å². The molecule has 4 aromatic rings. The van der Waals surface area contributed by atoms with E-state index in [0.29, 0.717) is 33.8 Å². The Balaban J connectivity index is 1.83. The fraction of sp³-hybridized carbons (Fsp3) is 0.200. The third-order valence-corrected chi connectivity index (χ3v) is 6.11. The first-order valence-corrected chi connectivity index (χ1v) is 11.5. The minimum absolute atomic E-state index is 0.440. The minimum atomic E-state index is -4.45. The lowest BCUT2D eigenvalue weighted by molar-refractivity contribution is -0.138. The third-order valence-electron chi connectivity index (χ3n) is 6.11. The Morgan fingerprint density at radius 2 is 0.811 bits per heavy atom. The van der Waals surface area contributed by atoms with E-state index in [0.717, 1.165) is 46.5 Å². The van der Waals surface area contributed by atoms with Gasteiger partial charge >= 0.3 is 12.4 Å². The summed E-state index contributed by atoms with van der Waals surface area (Å²) in [6.45, 7) is 7.47. The Hall–Kier alpha value is -3.74. The number of rotatable bonds is 4. The van der Waals surface area contributed by atoms with Gasteiger partial charge in [-0.3, -0.25) is 0 Å². The number of aryl methyl sites for hydroxylation is 4. The Labute approximate surface area is 211 Å². The van der Waals surface area contributed by atoms with Gasteiger partial charge in [-0.25, -0.2) is 0 Å². The Bertz CT molecular complexity index is 1320.